The van der Waals surface area contributed by atoms with E-state index < -0.39 is 5.97 Å². The zero-order chi connectivity index (χ0) is 10.1. The number of hydrogen-bond acceptors (Lipinski definition) is 2. The second-order valence-electron chi connectivity index (χ2n) is 3.18. The van der Waals surface area contributed by atoms with Crippen LogP contribution in [0.5, 0.6) is 0 Å². The summed E-state index contributed by atoms with van der Waals surface area (Å²) in [6.07, 6.45) is 1.39. The van der Waals surface area contributed by atoms with Crippen molar-refractivity contribution < 1.29 is 9.90 Å². The highest BCUT2D eigenvalue weighted by molar-refractivity contribution is 5.93. The molecule has 0 unspecified atom stereocenters. The number of aromatic nitrogens is 1. The van der Waals surface area contributed by atoms with Gasteiger partial charge < -0.3 is 5.11 Å². The molecular formula is C11H9NO2. The molecule has 0 aliphatic rings. The van der Waals surface area contributed by atoms with Gasteiger partial charge in [-0.2, -0.15) is 0 Å². The number of pyridine rings is 1. The molecule has 1 aromatic heterocycles. The van der Waals surface area contributed by atoms with Gasteiger partial charge in [-0.15, -0.1) is 0 Å². The van der Waals surface area contributed by atoms with Gasteiger partial charge in [0, 0.05) is 11.6 Å². The molecule has 2 aromatic rings. The van der Waals surface area contributed by atoms with Gasteiger partial charge in [0.25, 0.3) is 0 Å². The molecule has 1 heterocycles. The first-order chi connectivity index (χ1) is 6.68. The maximum absolute atomic E-state index is 10.7. The third kappa shape index (κ3) is 1.33. The SMILES string of the molecule is Cc1cccc2cc(C(=O)O)cnc12. The summed E-state index contributed by atoms with van der Waals surface area (Å²) in [5.41, 5.74) is 2.14. The summed E-state index contributed by atoms with van der Waals surface area (Å²) in [5, 5.41) is 9.64. The van der Waals surface area contributed by atoms with E-state index in [1.807, 2.05) is 25.1 Å². The Morgan fingerprint density at radius 1 is 1.43 bits per heavy atom. The molecule has 14 heavy (non-hydrogen) atoms. The Kier molecular flexibility index (Phi) is 1.93. The van der Waals surface area contributed by atoms with Gasteiger partial charge in [-0.05, 0) is 18.6 Å². The highest BCUT2D eigenvalue weighted by Gasteiger charge is 2.05. The van der Waals surface area contributed by atoms with Crippen molar-refractivity contribution in [3.05, 3.63) is 41.6 Å². The lowest BCUT2D eigenvalue weighted by atomic mass is 10.1. The number of aromatic carboxylic acids is 1. The number of carboxylic acids is 1. The molecule has 2 rings (SSSR count). The van der Waals surface area contributed by atoms with Crippen molar-refractivity contribution in [2.24, 2.45) is 0 Å². The van der Waals surface area contributed by atoms with Gasteiger partial charge in [-0.25, -0.2) is 4.79 Å². The zero-order valence-corrected chi connectivity index (χ0v) is 7.69. The van der Waals surface area contributed by atoms with Crippen LogP contribution in [-0.2, 0) is 0 Å². The molecular weight excluding hydrogens is 178 g/mol. The normalized spacial score (nSPS) is 10.4. The summed E-state index contributed by atoms with van der Waals surface area (Å²) < 4.78 is 0. The number of hydrogen-bond donors (Lipinski definition) is 1. The fourth-order valence-corrected chi connectivity index (χ4v) is 1.43. The van der Waals surface area contributed by atoms with Crippen LogP contribution in [0.4, 0.5) is 0 Å². The van der Waals surface area contributed by atoms with Crippen molar-refractivity contribution in [3.8, 4) is 0 Å². The number of aryl methyl sites for hydroxylation is 1. The van der Waals surface area contributed by atoms with Gasteiger partial charge in [-0.3, -0.25) is 4.98 Å². The average Bonchev–Trinajstić information content (AvgIpc) is 2.17. The van der Waals surface area contributed by atoms with E-state index in [2.05, 4.69) is 4.98 Å². The number of para-hydroxylation sites is 1. The van der Waals surface area contributed by atoms with Crippen LogP contribution in [0.1, 0.15) is 15.9 Å². The van der Waals surface area contributed by atoms with Crippen molar-refractivity contribution in [2.75, 3.05) is 0 Å². The van der Waals surface area contributed by atoms with E-state index in [0.717, 1.165) is 16.5 Å². The highest BCUT2D eigenvalue weighted by Crippen LogP contribution is 2.16. The topological polar surface area (TPSA) is 50.2 Å². The van der Waals surface area contributed by atoms with Gasteiger partial charge >= 0.3 is 5.97 Å². The average molecular weight is 187 g/mol. The molecule has 0 atom stereocenters. The summed E-state index contributed by atoms with van der Waals surface area (Å²) >= 11 is 0. The van der Waals surface area contributed by atoms with E-state index in [4.69, 9.17) is 5.11 Å². The summed E-state index contributed by atoms with van der Waals surface area (Å²) in [5.74, 6) is -0.944. The van der Waals surface area contributed by atoms with Crippen LogP contribution in [0.3, 0.4) is 0 Å². The largest absolute Gasteiger partial charge is 0.478 e. The van der Waals surface area contributed by atoms with Crippen LogP contribution < -0.4 is 0 Å². The predicted molar refractivity (Wildman–Crippen MR) is 53.4 cm³/mol. The van der Waals surface area contributed by atoms with Crippen molar-refractivity contribution in [3.63, 3.8) is 0 Å². The first-order valence-corrected chi connectivity index (χ1v) is 4.27. The maximum Gasteiger partial charge on any atom is 0.337 e. The summed E-state index contributed by atoms with van der Waals surface area (Å²) in [7, 11) is 0. The van der Waals surface area contributed by atoms with Crippen LogP contribution in [0, 0.1) is 6.92 Å². The Hall–Kier alpha value is -1.90. The quantitative estimate of drug-likeness (QED) is 0.744. The molecule has 0 bridgehead atoms. The number of rotatable bonds is 1. The Labute approximate surface area is 81.0 Å². The number of carbonyl (C=O) groups is 1. The molecule has 1 N–H and O–H groups in total. The molecule has 0 saturated carbocycles. The van der Waals surface area contributed by atoms with Crippen LogP contribution >= 0.6 is 0 Å². The van der Waals surface area contributed by atoms with Crippen LogP contribution in [-0.4, -0.2) is 16.1 Å². The van der Waals surface area contributed by atoms with E-state index in [-0.39, 0.29) is 5.56 Å². The van der Waals surface area contributed by atoms with Crippen molar-refractivity contribution in [2.45, 2.75) is 6.92 Å². The Morgan fingerprint density at radius 3 is 2.93 bits per heavy atom. The van der Waals surface area contributed by atoms with Gasteiger partial charge in [0.15, 0.2) is 0 Å². The smallest absolute Gasteiger partial charge is 0.337 e. The number of nitrogens with zero attached hydrogens (tertiary/aromatic N) is 1. The minimum absolute atomic E-state index is 0.225. The van der Waals surface area contributed by atoms with Crippen LogP contribution in [0.25, 0.3) is 10.9 Å². The van der Waals surface area contributed by atoms with E-state index in [9.17, 15) is 4.79 Å². The molecule has 3 heteroatoms. The Bertz CT molecular complexity index is 506. The van der Waals surface area contributed by atoms with Crippen molar-refractivity contribution in [1.82, 2.24) is 4.98 Å². The van der Waals surface area contributed by atoms with Gasteiger partial charge in [0.2, 0.25) is 0 Å². The van der Waals surface area contributed by atoms with Crippen LogP contribution in [0.2, 0.25) is 0 Å². The summed E-state index contributed by atoms with van der Waals surface area (Å²) in [6, 6.07) is 7.35. The minimum Gasteiger partial charge on any atom is -0.478 e. The fraction of sp³-hybridized carbons (Fsp3) is 0.0909. The molecule has 0 aliphatic carbocycles. The molecule has 3 nitrogen and oxygen atoms in total. The predicted octanol–water partition coefficient (Wildman–Crippen LogP) is 2.24. The first kappa shape index (κ1) is 8.69. The Morgan fingerprint density at radius 2 is 2.21 bits per heavy atom. The molecule has 0 fully saturated rings. The fourth-order valence-electron chi connectivity index (χ4n) is 1.43. The third-order valence-electron chi connectivity index (χ3n) is 2.16. The minimum atomic E-state index is -0.944. The van der Waals surface area contributed by atoms with Gasteiger partial charge in [-0.1, -0.05) is 18.2 Å². The van der Waals surface area contributed by atoms with Gasteiger partial charge in [0.1, 0.15) is 0 Å². The second kappa shape index (κ2) is 3.10. The number of carboxylic acid groups (broad SMARTS) is 1. The lowest BCUT2D eigenvalue weighted by Crippen LogP contribution is -1.97. The van der Waals surface area contributed by atoms with E-state index >= 15 is 0 Å². The summed E-state index contributed by atoms with van der Waals surface area (Å²) in [6.45, 7) is 1.95. The van der Waals surface area contributed by atoms with Gasteiger partial charge in [0.05, 0.1) is 11.1 Å². The van der Waals surface area contributed by atoms with E-state index in [1.54, 1.807) is 6.07 Å². The number of benzene rings is 1. The Balaban J connectivity index is 2.73. The second-order valence-corrected chi connectivity index (χ2v) is 3.18. The molecule has 70 valence electrons. The third-order valence-corrected chi connectivity index (χ3v) is 2.16. The monoisotopic (exact) mass is 187 g/mol. The van der Waals surface area contributed by atoms with E-state index in [0.29, 0.717) is 0 Å². The molecule has 0 radical (unpaired) electrons. The first-order valence-electron chi connectivity index (χ1n) is 4.27. The highest BCUT2D eigenvalue weighted by atomic mass is 16.4. The molecule has 0 aliphatic heterocycles. The lowest BCUT2D eigenvalue weighted by molar-refractivity contribution is 0.0696. The van der Waals surface area contributed by atoms with Crippen molar-refractivity contribution in [1.29, 1.82) is 0 Å². The van der Waals surface area contributed by atoms with Crippen molar-refractivity contribution >= 4 is 16.9 Å². The summed E-state index contributed by atoms with van der Waals surface area (Å²) in [4.78, 5) is 14.8. The van der Waals surface area contributed by atoms with Crippen LogP contribution in [0.15, 0.2) is 30.5 Å². The maximum atomic E-state index is 10.7. The zero-order valence-electron chi connectivity index (χ0n) is 7.69. The lowest BCUT2D eigenvalue weighted by Gasteiger charge is -2.01. The standard InChI is InChI=1S/C11H9NO2/c1-7-3-2-4-8-5-9(11(13)14)6-12-10(7)8/h2-6H,1H3,(H,13,14). The molecule has 0 amide bonds. The van der Waals surface area contributed by atoms with E-state index in [1.165, 1.54) is 6.20 Å². The molecule has 0 saturated heterocycles. The molecule has 1 aromatic carbocycles. The number of fused-ring (bicyclic) bond motifs is 1. The molecule has 0 spiro atoms.